The van der Waals surface area contributed by atoms with Gasteiger partial charge in [0, 0.05) is 24.4 Å². The van der Waals surface area contributed by atoms with Gasteiger partial charge in [-0.15, -0.1) is 0 Å². The lowest BCUT2D eigenvalue weighted by molar-refractivity contribution is 0.174. The van der Waals surface area contributed by atoms with Gasteiger partial charge in [0.2, 0.25) is 6.79 Å². The van der Waals surface area contributed by atoms with Crippen LogP contribution in [-0.2, 0) is 7.05 Å². The Morgan fingerprint density at radius 1 is 0.909 bits per heavy atom. The molecule has 0 aliphatic carbocycles. The van der Waals surface area contributed by atoms with Crippen LogP contribution in [0.3, 0.4) is 0 Å². The van der Waals surface area contributed by atoms with Crippen molar-refractivity contribution < 1.29 is 9.47 Å². The molecule has 2 aromatic carbocycles. The van der Waals surface area contributed by atoms with Crippen molar-refractivity contribution >= 4 is 22.1 Å². The number of hydrogen-bond acceptors (Lipinski definition) is 6. The number of aromatic nitrogens is 7. The molecule has 0 spiro atoms. The number of pyridine rings is 1. The van der Waals surface area contributed by atoms with Crippen LogP contribution in [0.15, 0.2) is 60.9 Å². The van der Waals surface area contributed by atoms with Crippen molar-refractivity contribution in [3.05, 3.63) is 60.9 Å². The summed E-state index contributed by atoms with van der Waals surface area (Å²) in [6.45, 7) is 0.246. The van der Waals surface area contributed by atoms with Crippen molar-refractivity contribution in [2.24, 2.45) is 7.05 Å². The third kappa shape index (κ3) is 2.79. The molecule has 1 aliphatic rings. The highest BCUT2D eigenvalue weighted by atomic mass is 16.7. The molecule has 2 N–H and O–H groups in total. The van der Waals surface area contributed by atoms with Gasteiger partial charge in [0.15, 0.2) is 23.0 Å². The molecule has 9 heteroatoms. The fourth-order valence-corrected chi connectivity index (χ4v) is 4.22. The summed E-state index contributed by atoms with van der Waals surface area (Å²) in [6, 6.07) is 15.9. The highest BCUT2D eigenvalue weighted by Gasteiger charge is 2.19. The molecule has 0 radical (unpaired) electrons. The Morgan fingerprint density at radius 2 is 1.85 bits per heavy atom. The summed E-state index contributed by atoms with van der Waals surface area (Å²) in [5.41, 5.74) is 7.81. The number of aromatic amines is 2. The summed E-state index contributed by atoms with van der Waals surface area (Å²) in [5, 5.41) is 11.8. The number of nitrogens with zero attached hydrogens (tertiary/aromatic N) is 5. The molecule has 9 nitrogen and oxygen atoms in total. The number of fused-ring (bicyclic) bond motifs is 3. The molecule has 160 valence electrons. The van der Waals surface area contributed by atoms with Gasteiger partial charge in [-0.1, -0.05) is 18.2 Å². The van der Waals surface area contributed by atoms with Crippen molar-refractivity contribution in [2.75, 3.05) is 6.79 Å². The second kappa shape index (κ2) is 6.67. The van der Waals surface area contributed by atoms with Crippen LogP contribution in [0.5, 0.6) is 11.5 Å². The number of rotatable bonds is 3. The van der Waals surface area contributed by atoms with Gasteiger partial charge in [0.05, 0.1) is 28.4 Å². The Morgan fingerprint density at radius 3 is 2.76 bits per heavy atom. The van der Waals surface area contributed by atoms with Gasteiger partial charge in [0.25, 0.3) is 0 Å². The first-order chi connectivity index (χ1) is 16.2. The van der Waals surface area contributed by atoms with Crippen LogP contribution in [0, 0.1) is 0 Å². The zero-order chi connectivity index (χ0) is 21.9. The summed E-state index contributed by atoms with van der Waals surface area (Å²) in [7, 11) is 1.89. The fourth-order valence-electron chi connectivity index (χ4n) is 4.22. The minimum atomic E-state index is 0.246. The van der Waals surface area contributed by atoms with Crippen LogP contribution >= 0.6 is 0 Å². The molecule has 0 amide bonds. The van der Waals surface area contributed by atoms with Crippen molar-refractivity contribution in [1.29, 1.82) is 0 Å². The Hall–Kier alpha value is -4.66. The monoisotopic (exact) mass is 435 g/mol. The van der Waals surface area contributed by atoms with Gasteiger partial charge in [-0.3, -0.25) is 9.78 Å². The van der Waals surface area contributed by atoms with Crippen molar-refractivity contribution in [1.82, 2.24) is 34.9 Å². The summed E-state index contributed by atoms with van der Waals surface area (Å²) in [6.07, 6.45) is 3.74. The standard InChI is InChI=1S/C24H17N7O2/c1-31-11-14(10-25-31)16-6-7-18-22(26-16)23(30-29-18)24-27-17-4-2-3-15(21(17)28-24)13-5-8-19-20(9-13)33-12-32-19/h2-11H,12H2,1H3,(H,27,28)(H,29,30). The first-order valence-electron chi connectivity index (χ1n) is 10.5. The molecule has 4 aromatic heterocycles. The molecule has 33 heavy (non-hydrogen) atoms. The van der Waals surface area contributed by atoms with Crippen LogP contribution in [0.25, 0.3) is 56.0 Å². The second-order valence-electron chi connectivity index (χ2n) is 7.92. The highest BCUT2D eigenvalue weighted by Crippen LogP contribution is 2.38. The van der Waals surface area contributed by atoms with E-state index in [1.807, 2.05) is 61.8 Å². The number of benzene rings is 2. The average molecular weight is 435 g/mol. The van der Waals surface area contributed by atoms with Gasteiger partial charge in [-0.05, 0) is 35.9 Å². The zero-order valence-electron chi connectivity index (χ0n) is 17.5. The van der Waals surface area contributed by atoms with Crippen molar-refractivity contribution in [3.8, 4) is 45.4 Å². The molecule has 0 fully saturated rings. The van der Waals surface area contributed by atoms with Crippen molar-refractivity contribution in [3.63, 3.8) is 0 Å². The average Bonchev–Trinajstić information content (AvgIpc) is 3.62. The van der Waals surface area contributed by atoms with Crippen molar-refractivity contribution in [2.45, 2.75) is 0 Å². The Kier molecular flexibility index (Phi) is 3.63. The summed E-state index contributed by atoms with van der Waals surface area (Å²) < 4.78 is 12.8. The Bertz CT molecular complexity index is 1680. The quantitative estimate of drug-likeness (QED) is 0.429. The number of nitrogens with one attached hydrogen (secondary N) is 2. The second-order valence-corrected chi connectivity index (χ2v) is 7.92. The van der Waals surface area contributed by atoms with E-state index in [4.69, 9.17) is 19.4 Å². The molecule has 5 heterocycles. The Labute approximate surface area is 187 Å². The molecule has 0 bridgehead atoms. The van der Waals surface area contributed by atoms with Crippen LogP contribution in [0.4, 0.5) is 0 Å². The smallest absolute Gasteiger partial charge is 0.231 e. The van der Waals surface area contributed by atoms with Crippen LogP contribution < -0.4 is 9.47 Å². The minimum Gasteiger partial charge on any atom is -0.454 e. The zero-order valence-corrected chi connectivity index (χ0v) is 17.5. The molecule has 1 aliphatic heterocycles. The van der Waals surface area contributed by atoms with Crippen LogP contribution in [-0.4, -0.2) is 41.7 Å². The van der Waals surface area contributed by atoms with Gasteiger partial charge in [0.1, 0.15) is 5.52 Å². The SMILES string of the molecule is Cn1cc(-c2ccc3[nH]nc(-c4nc5c(-c6ccc7c(c6)OCO7)cccc5[nH]4)c3n2)cn1. The first-order valence-corrected chi connectivity index (χ1v) is 10.5. The topological polar surface area (TPSA) is 107 Å². The summed E-state index contributed by atoms with van der Waals surface area (Å²) in [4.78, 5) is 13.2. The van der Waals surface area contributed by atoms with E-state index in [0.717, 1.165) is 56.0 Å². The molecular formula is C24H17N7O2. The van der Waals surface area contributed by atoms with E-state index < -0.39 is 0 Å². The number of imidazole rings is 1. The largest absolute Gasteiger partial charge is 0.454 e. The number of ether oxygens (including phenoxy) is 2. The normalized spacial score (nSPS) is 12.8. The first kappa shape index (κ1) is 18.0. The highest BCUT2D eigenvalue weighted by molar-refractivity contribution is 5.96. The van der Waals surface area contributed by atoms with E-state index >= 15 is 0 Å². The van der Waals surface area contributed by atoms with Gasteiger partial charge >= 0.3 is 0 Å². The summed E-state index contributed by atoms with van der Waals surface area (Å²) >= 11 is 0. The van der Waals surface area contributed by atoms with E-state index in [1.165, 1.54) is 0 Å². The van der Waals surface area contributed by atoms with Gasteiger partial charge in [-0.25, -0.2) is 9.97 Å². The van der Waals surface area contributed by atoms with Crippen LogP contribution in [0.2, 0.25) is 0 Å². The minimum absolute atomic E-state index is 0.246. The molecule has 6 aromatic rings. The van der Waals surface area contributed by atoms with E-state index in [2.05, 4.69) is 20.3 Å². The van der Waals surface area contributed by atoms with E-state index in [-0.39, 0.29) is 6.79 Å². The van der Waals surface area contributed by atoms with E-state index in [1.54, 1.807) is 10.9 Å². The number of H-pyrrole nitrogens is 2. The molecule has 0 unspecified atom stereocenters. The molecule has 7 rings (SSSR count). The summed E-state index contributed by atoms with van der Waals surface area (Å²) in [5.74, 6) is 2.15. The van der Waals surface area contributed by atoms with Crippen LogP contribution in [0.1, 0.15) is 0 Å². The number of aryl methyl sites for hydroxylation is 1. The van der Waals surface area contributed by atoms with Gasteiger partial charge < -0.3 is 14.5 Å². The maximum absolute atomic E-state index is 5.56. The third-order valence-electron chi connectivity index (χ3n) is 5.83. The predicted molar refractivity (Wildman–Crippen MR) is 123 cm³/mol. The predicted octanol–water partition coefficient (Wildman–Crippen LogP) is 4.30. The Balaban J connectivity index is 1.37. The lowest BCUT2D eigenvalue weighted by atomic mass is 10.0. The van der Waals surface area contributed by atoms with Gasteiger partial charge in [-0.2, -0.15) is 10.2 Å². The molecule has 0 atom stereocenters. The lowest BCUT2D eigenvalue weighted by Gasteiger charge is -2.04. The number of hydrogen-bond donors (Lipinski definition) is 2. The maximum atomic E-state index is 5.56. The van der Waals surface area contributed by atoms with E-state index in [0.29, 0.717) is 11.5 Å². The fraction of sp³-hybridized carbons (Fsp3) is 0.0833. The molecular weight excluding hydrogens is 418 g/mol. The third-order valence-corrected chi connectivity index (χ3v) is 5.83. The lowest BCUT2D eigenvalue weighted by Crippen LogP contribution is -1.92. The number of para-hydroxylation sites is 1. The molecule has 0 saturated heterocycles. The maximum Gasteiger partial charge on any atom is 0.231 e. The van der Waals surface area contributed by atoms with E-state index in [9.17, 15) is 0 Å². The molecule has 0 saturated carbocycles.